The Hall–Kier alpha value is -4.04. The van der Waals surface area contributed by atoms with E-state index >= 15 is 0 Å². The lowest BCUT2D eigenvalue weighted by atomic mass is 9.90. The number of phenols is 1. The number of phenolic OH excluding ortho intramolecular Hbond substituents is 1. The van der Waals surface area contributed by atoms with Crippen LogP contribution in [0.4, 0.5) is 11.4 Å². The number of fused-ring (bicyclic) bond motifs is 1. The summed E-state index contributed by atoms with van der Waals surface area (Å²) in [5.74, 6) is -0.582. The van der Waals surface area contributed by atoms with Gasteiger partial charge in [-0.1, -0.05) is 50.5 Å². The predicted octanol–water partition coefficient (Wildman–Crippen LogP) is 5.41. The molecule has 2 aliphatic heterocycles. The number of hydrogen-bond acceptors (Lipinski definition) is 7. The van der Waals surface area contributed by atoms with Gasteiger partial charge in [0, 0.05) is 0 Å². The van der Waals surface area contributed by atoms with E-state index in [-0.39, 0.29) is 17.4 Å². The average Bonchev–Trinajstić information content (AvgIpc) is 3.45. The third-order valence-corrected chi connectivity index (χ3v) is 7.03. The Morgan fingerprint density at radius 3 is 2.37 bits per heavy atom. The number of rotatable bonds is 10. The van der Waals surface area contributed by atoms with Gasteiger partial charge in [0.15, 0.2) is 17.6 Å². The second-order valence-electron chi connectivity index (χ2n) is 9.50. The summed E-state index contributed by atoms with van der Waals surface area (Å²) in [5.41, 5.74) is 1.88. The standard InChI is InChI=1S/C30H32N2O6/c1-3-4-5-9-18-37-23-15-13-21(14-16-23)31-29(34)26-27(20-12-17-24(33)25(19-20)36-2)32(38-28(26)30(31)35)22-10-7-6-8-11-22/h6-8,10-17,19,26-28,33H,3-5,9,18H2,1-2H3/t26-,27+,28+/m1/s1. The maximum absolute atomic E-state index is 13.8. The number of methoxy groups -OCH3 is 1. The van der Waals surface area contributed by atoms with Gasteiger partial charge in [0.2, 0.25) is 5.91 Å². The molecular weight excluding hydrogens is 484 g/mol. The number of anilines is 2. The van der Waals surface area contributed by atoms with Crippen LogP contribution >= 0.6 is 0 Å². The molecule has 0 spiro atoms. The molecule has 2 saturated heterocycles. The first-order valence-electron chi connectivity index (χ1n) is 13.0. The van der Waals surface area contributed by atoms with Crippen molar-refractivity contribution in [1.29, 1.82) is 0 Å². The molecule has 2 aliphatic rings. The Morgan fingerprint density at radius 2 is 1.66 bits per heavy atom. The van der Waals surface area contributed by atoms with Gasteiger partial charge >= 0.3 is 0 Å². The lowest BCUT2D eigenvalue weighted by Gasteiger charge is -2.29. The second-order valence-corrected chi connectivity index (χ2v) is 9.50. The first kappa shape index (κ1) is 25.6. The van der Waals surface area contributed by atoms with Gasteiger partial charge in [-0.15, -0.1) is 0 Å². The molecule has 2 fully saturated rings. The van der Waals surface area contributed by atoms with Crippen molar-refractivity contribution in [2.45, 2.75) is 44.8 Å². The molecule has 2 amide bonds. The molecule has 2 heterocycles. The van der Waals surface area contributed by atoms with Gasteiger partial charge in [-0.2, -0.15) is 0 Å². The molecule has 3 atom stereocenters. The van der Waals surface area contributed by atoms with Crippen molar-refractivity contribution < 1.29 is 29.0 Å². The maximum atomic E-state index is 13.8. The number of aromatic hydroxyl groups is 1. The van der Waals surface area contributed by atoms with E-state index in [1.54, 1.807) is 41.5 Å². The molecule has 0 saturated carbocycles. The zero-order valence-electron chi connectivity index (χ0n) is 21.6. The van der Waals surface area contributed by atoms with E-state index in [1.165, 1.54) is 30.9 Å². The highest BCUT2D eigenvalue weighted by atomic mass is 16.7. The summed E-state index contributed by atoms with van der Waals surface area (Å²) in [5, 5.41) is 11.8. The third-order valence-electron chi connectivity index (χ3n) is 7.03. The average molecular weight is 517 g/mol. The molecule has 0 bridgehead atoms. The highest BCUT2D eigenvalue weighted by molar-refractivity contribution is 6.23. The zero-order chi connectivity index (χ0) is 26.6. The van der Waals surface area contributed by atoms with Crippen molar-refractivity contribution in [1.82, 2.24) is 0 Å². The van der Waals surface area contributed by atoms with Crippen molar-refractivity contribution in [2.75, 3.05) is 23.7 Å². The van der Waals surface area contributed by atoms with E-state index in [9.17, 15) is 14.7 Å². The van der Waals surface area contributed by atoms with E-state index in [0.717, 1.165) is 12.8 Å². The van der Waals surface area contributed by atoms with Crippen LogP contribution in [-0.2, 0) is 14.4 Å². The topological polar surface area (TPSA) is 88.5 Å². The first-order valence-corrected chi connectivity index (χ1v) is 13.0. The van der Waals surface area contributed by atoms with Gasteiger partial charge in [0.1, 0.15) is 11.7 Å². The van der Waals surface area contributed by atoms with Gasteiger partial charge in [0.05, 0.1) is 31.1 Å². The maximum Gasteiger partial charge on any atom is 0.266 e. The van der Waals surface area contributed by atoms with Gasteiger partial charge < -0.3 is 14.6 Å². The van der Waals surface area contributed by atoms with Gasteiger partial charge in [0.25, 0.3) is 5.91 Å². The number of unbranched alkanes of at least 4 members (excludes halogenated alkanes) is 3. The van der Waals surface area contributed by atoms with Crippen LogP contribution in [0.3, 0.4) is 0 Å². The van der Waals surface area contributed by atoms with Crippen molar-refractivity contribution in [3.8, 4) is 17.2 Å². The molecule has 5 rings (SSSR count). The Bertz CT molecular complexity index is 1280. The summed E-state index contributed by atoms with van der Waals surface area (Å²) in [6.45, 7) is 2.80. The molecule has 1 N–H and O–H groups in total. The molecule has 0 aliphatic carbocycles. The molecule has 8 nitrogen and oxygen atoms in total. The van der Waals surface area contributed by atoms with E-state index in [2.05, 4.69) is 6.92 Å². The molecular formula is C30H32N2O6. The molecule has 3 aromatic carbocycles. The minimum atomic E-state index is -0.984. The normalized spacial score (nSPS) is 20.6. The second kappa shape index (κ2) is 11.1. The fourth-order valence-electron chi connectivity index (χ4n) is 5.10. The molecule has 3 aromatic rings. The van der Waals surface area contributed by atoms with Crippen molar-refractivity contribution in [3.63, 3.8) is 0 Å². The Labute approximate surface area is 222 Å². The van der Waals surface area contributed by atoms with Crippen molar-refractivity contribution in [2.24, 2.45) is 5.92 Å². The zero-order valence-corrected chi connectivity index (χ0v) is 21.6. The van der Waals surface area contributed by atoms with E-state index in [4.69, 9.17) is 14.3 Å². The number of benzene rings is 3. The monoisotopic (exact) mass is 516 g/mol. The van der Waals surface area contributed by atoms with Crippen LogP contribution in [0.1, 0.15) is 44.2 Å². The number of carbonyl (C=O) groups excluding carboxylic acids is 2. The lowest BCUT2D eigenvalue weighted by Crippen LogP contribution is -2.37. The highest BCUT2D eigenvalue weighted by Crippen LogP contribution is 2.48. The largest absolute Gasteiger partial charge is 0.504 e. The summed E-state index contributed by atoms with van der Waals surface area (Å²) >= 11 is 0. The molecule has 0 aromatic heterocycles. The van der Waals surface area contributed by atoms with E-state index in [0.29, 0.717) is 29.3 Å². The Balaban J connectivity index is 1.41. The summed E-state index contributed by atoms with van der Waals surface area (Å²) in [7, 11) is 1.46. The fourth-order valence-corrected chi connectivity index (χ4v) is 5.10. The van der Waals surface area contributed by atoms with Crippen molar-refractivity contribution >= 4 is 23.2 Å². The van der Waals surface area contributed by atoms with Crippen LogP contribution in [0, 0.1) is 5.92 Å². The Morgan fingerprint density at radius 1 is 0.895 bits per heavy atom. The molecule has 198 valence electrons. The fraction of sp³-hybridized carbons (Fsp3) is 0.333. The smallest absolute Gasteiger partial charge is 0.266 e. The SMILES string of the molecule is CCCCCCOc1ccc(N2C(=O)[C@H]3[C@H](ON(c4ccccc4)[C@H]3c3ccc(O)c(OC)c3)C2=O)cc1. The van der Waals surface area contributed by atoms with Crippen LogP contribution in [0.15, 0.2) is 72.8 Å². The first-order chi connectivity index (χ1) is 18.5. The van der Waals surface area contributed by atoms with Crippen molar-refractivity contribution in [3.05, 3.63) is 78.4 Å². The number of hydrogen-bond donors (Lipinski definition) is 1. The molecule has 0 unspecified atom stereocenters. The number of hydroxylamine groups is 1. The molecule has 8 heteroatoms. The van der Waals surface area contributed by atoms with E-state index in [1.807, 2.05) is 30.3 Å². The number of amides is 2. The molecule has 38 heavy (non-hydrogen) atoms. The van der Waals surface area contributed by atoms with E-state index < -0.39 is 24.0 Å². The van der Waals surface area contributed by atoms with Crippen LogP contribution < -0.4 is 19.4 Å². The van der Waals surface area contributed by atoms with Gasteiger partial charge in [-0.25, -0.2) is 9.96 Å². The summed E-state index contributed by atoms with van der Waals surface area (Å²) < 4.78 is 11.1. The molecule has 0 radical (unpaired) electrons. The van der Waals surface area contributed by atoms with Gasteiger partial charge in [-0.3, -0.25) is 14.4 Å². The number of ether oxygens (including phenoxy) is 2. The van der Waals surface area contributed by atoms with Crippen LogP contribution in [0.25, 0.3) is 0 Å². The lowest BCUT2D eigenvalue weighted by molar-refractivity contribution is -0.126. The summed E-state index contributed by atoms with van der Waals surface area (Å²) in [4.78, 5) is 34.7. The summed E-state index contributed by atoms with van der Waals surface area (Å²) in [6.07, 6.45) is 3.48. The van der Waals surface area contributed by atoms with Crippen LogP contribution in [0.2, 0.25) is 0 Å². The van der Waals surface area contributed by atoms with Gasteiger partial charge in [-0.05, 0) is 60.5 Å². The highest BCUT2D eigenvalue weighted by Gasteiger charge is 2.60. The summed E-state index contributed by atoms with van der Waals surface area (Å²) in [6, 6.07) is 20.7. The number of nitrogens with zero attached hydrogens (tertiary/aromatic N) is 2. The Kier molecular flexibility index (Phi) is 7.51. The quantitative estimate of drug-likeness (QED) is 0.285. The number of para-hydroxylation sites is 1. The van der Waals surface area contributed by atoms with Crippen LogP contribution in [-0.4, -0.2) is 36.7 Å². The van der Waals surface area contributed by atoms with Crippen LogP contribution in [0.5, 0.6) is 17.2 Å². The number of imide groups is 1. The minimum absolute atomic E-state index is 0.0129. The predicted molar refractivity (Wildman–Crippen MR) is 143 cm³/mol. The number of carbonyl (C=O) groups is 2. The minimum Gasteiger partial charge on any atom is -0.504 e. The third kappa shape index (κ3) is 4.79.